The van der Waals surface area contributed by atoms with E-state index in [2.05, 4.69) is 40.7 Å². The summed E-state index contributed by atoms with van der Waals surface area (Å²) in [5.41, 5.74) is 2.06. The summed E-state index contributed by atoms with van der Waals surface area (Å²) < 4.78 is 0. The molecule has 17 heavy (non-hydrogen) atoms. The largest absolute Gasteiger partial charge is 0.393 e. The number of aliphatic hydroxyl groups is 1. The molecule has 0 aromatic carbocycles. The Morgan fingerprint density at radius 3 is 2.18 bits per heavy atom. The van der Waals surface area contributed by atoms with Crippen molar-refractivity contribution in [3.63, 3.8) is 0 Å². The standard InChI is InChI=1S/C10H18.C6H12O/c1-5-9-7-6-8(2)10(9,3)4;1-5-3-2-4-6(5)7/h6,9H,5,7H2,1-4H3;5-7H,2-4H2,1H3. The highest BCUT2D eigenvalue weighted by Crippen LogP contribution is 2.44. The summed E-state index contributed by atoms with van der Waals surface area (Å²) in [4.78, 5) is 0. The van der Waals surface area contributed by atoms with Crippen LogP contribution < -0.4 is 0 Å². The molecule has 0 saturated heterocycles. The summed E-state index contributed by atoms with van der Waals surface area (Å²) in [7, 11) is 0. The lowest BCUT2D eigenvalue weighted by Crippen LogP contribution is -2.19. The van der Waals surface area contributed by atoms with Gasteiger partial charge in [0.15, 0.2) is 0 Å². The molecule has 2 aliphatic carbocycles. The normalized spacial score (nSPS) is 35.2. The molecule has 0 aromatic heterocycles. The summed E-state index contributed by atoms with van der Waals surface area (Å²) in [6.45, 7) is 11.4. The average molecular weight is 238 g/mol. The van der Waals surface area contributed by atoms with Crippen LogP contribution in [0.5, 0.6) is 0 Å². The number of hydrogen-bond acceptors (Lipinski definition) is 1. The van der Waals surface area contributed by atoms with E-state index in [0.29, 0.717) is 11.3 Å². The second-order valence-electron chi connectivity index (χ2n) is 6.43. The van der Waals surface area contributed by atoms with E-state index in [0.717, 1.165) is 12.3 Å². The minimum atomic E-state index is 0.0139. The molecular weight excluding hydrogens is 208 g/mol. The van der Waals surface area contributed by atoms with Crippen molar-refractivity contribution in [2.75, 3.05) is 0 Å². The molecule has 1 saturated carbocycles. The molecule has 0 heterocycles. The Labute approximate surface area is 107 Å². The topological polar surface area (TPSA) is 20.2 Å². The Kier molecular flexibility index (Phi) is 5.24. The Morgan fingerprint density at radius 2 is 2.00 bits per heavy atom. The highest BCUT2D eigenvalue weighted by molar-refractivity contribution is 5.17. The van der Waals surface area contributed by atoms with Gasteiger partial charge in [0.25, 0.3) is 0 Å². The van der Waals surface area contributed by atoms with Crippen molar-refractivity contribution in [2.24, 2.45) is 17.3 Å². The molecule has 3 unspecified atom stereocenters. The third-order valence-corrected chi connectivity index (χ3v) is 5.05. The monoisotopic (exact) mass is 238 g/mol. The van der Waals surface area contributed by atoms with E-state index in [4.69, 9.17) is 5.11 Å². The second-order valence-corrected chi connectivity index (χ2v) is 6.43. The van der Waals surface area contributed by atoms with E-state index in [9.17, 15) is 0 Å². The van der Waals surface area contributed by atoms with Crippen molar-refractivity contribution in [3.05, 3.63) is 11.6 Å². The number of hydrogen-bond donors (Lipinski definition) is 1. The molecule has 0 spiro atoms. The first-order valence-electron chi connectivity index (χ1n) is 7.24. The summed E-state index contributed by atoms with van der Waals surface area (Å²) in [5.74, 6) is 1.47. The van der Waals surface area contributed by atoms with Gasteiger partial charge >= 0.3 is 0 Å². The number of aliphatic hydroxyl groups excluding tert-OH is 1. The third-order valence-electron chi connectivity index (χ3n) is 5.05. The molecule has 0 aliphatic heterocycles. The summed E-state index contributed by atoms with van der Waals surface area (Å²) in [6.07, 6.45) is 8.51. The van der Waals surface area contributed by atoms with Gasteiger partial charge in [-0.2, -0.15) is 0 Å². The predicted molar refractivity (Wildman–Crippen MR) is 75.0 cm³/mol. The van der Waals surface area contributed by atoms with Gasteiger partial charge in [-0.25, -0.2) is 0 Å². The molecule has 2 rings (SSSR count). The van der Waals surface area contributed by atoms with E-state index in [-0.39, 0.29) is 6.10 Å². The van der Waals surface area contributed by atoms with Gasteiger partial charge in [0.05, 0.1) is 6.10 Å². The fraction of sp³-hybridized carbons (Fsp3) is 0.875. The molecule has 1 fully saturated rings. The molecule has 3 atom stereocenters. The Bertz CT molecular complexity index is 257. The van der Waals surface area contributed by atoms with Crippen LogP contribution in [0.3, 0.4) is 0 Å². The first kappa shape index (κ1) is 14.8. The van der Waals surface area contributed by atoms with Crippen molar-refractivity contribution < 1.29 is 5.11 Å². The van der Waals surface area contributed by atoms with Crippen LogP contribution in [0.1, 0.15) is 66.7 Å². The Hall–Kier alpha value is -0.300. The molecule has 1 nitrogen and oxygen atoms in total. The molecule has 1 N–H and O–H groups in total. The van der Waals surface area contributed by atoms with Gasteiger partial charge in [0.1, 0.15) is 0 Å². The predicted octanol–water partition coefficient (Wildman–Crippen LogP) is 4.56. The minimum Gasteiger partial charge on any atom is -0.393 e. The van der Waals surface area contributed by atoms with Crippen LogP contribution in [0.15, 0.2) is 11.6 Å². The van der Waals surface area contributed by atoms with Crippen molar-refractivity contribution >= 4 is 0 Å². The lowest BCUT2D eigenvalue weighted by atomic mass is 9.76. The molecule has 0 bridgehead atoms. The minimum absolute atomic E-state index is 0.0139. The lowest BCUT2D eigenvalue weighted by Gasteiger charge is -2.28. The van der Waals surface area contributed by atoms with Crippen molar-refractivity contribution in [3.8, 4) is 0 Å². The van der Waals surface area contributed by atoms with Gasteiger partial charge in [-0.05, 0) is 43.4 Å². The molecule has 0 aromatic rings. The summed E-state index contributed by atoms with van der Waals surface area (Å²) >= 11 is 0. The van der Waals surface area contributed by atoms with Crippen LogP contribution in [0.4, 0.5) is 0 Å². The molecule has 100 valence electrons. The van der Waals surface area contributed by atoms with E-state index in [1.54, 1.807) is 5.57 Å². The smallest absolute Gasteiger partial charge is 0.0565 e. The van der Waals surface area contributed by atoms with E-state index < -0.39 is 0 Å². The lowest BCUT2D eigenvalue weighted by molar-refractivity contribution is 0.141. The Balaban J connectivity index is 0.000000181. The van der Waals surface area contributed by atoms with Gasteiger partial charge in [0.2, 0.25) is 0 Å². The van der Waals surface area contributed by atoms with Gasteiger partial charge in [0, 0.05) is 0 Å². The van der Waals surface area contributed by atoms with Crippen LogP contribution >= 0.6 is 0 Å². The van der Waals surface area contributed by atoms with E-state index in [1.807, 2.05) is 0 Å². The van der Waals surface area contributed by atoms with Crippen LogP contribution in [-0.4, -0.2) is 11.2 Å². The van der Waals surface area contributed by atoms with Crippen LogP contribution in [0.2, 0.25) is 0 Å². The van der Waals surface area contributed by atoms with Crippen molar-refractivity contribution in [1.29, 1.82) is 0 Å². The summed E-state index contributed by atoms with van der Waals surface area (Å²) in [5, 5.41) is 9.00. The van der Waals surface area contributed by atoms with Gasteiger partial charge < -0.3 is 5.11 Å². The van der Waals surface area contributed by atoms with Gasteiger partial charge in [-0.3, -0.25) is 0 Å². The average Bonchev–Trinajstić information content (AvgIpc) is 2.75. The van der Waals surface area contributed by atoms with Crippen molar-refractivity contribution in [1.82, 2.24) is 0 Å². The van der Waals surface area contributed by atoms with Crippen LogP contribution in [-0.2, 0) is 0 Å². The maximum Gasteiger partial charge on any atom is 0.0565 e. The molecule has 0 radical (unpaired) electrons. The number of rotatable bonds is 1. The first-order chi connectivity index (χ1) is 7.89. The van der Waals surface area contributed by atoms with Crippen LogP contribution in [0, 0.1) is 17.3 Å². The third kappa shape index (κ3) is 3.58. The second kappa shape index (κ2) is 6.04. The van der Waals surface area contributed by atoms with Crippen LogP contribution in [0.25, 0.3) is 0 Å². The van der Waals surface area contributed by atoms with E-state index >= 15 is 0 Å². The zero-order valence-electron chi connectivity index (χ0n) is 12.3. The fourth-order valence-electron chi connectivity index (χ4n) is 3.00. The maximum absolute atomic E-state index is 9.00. The number of allylic oxidation sites excluding steroid dienone is 2. The Morgan fingerprint density at radius 1 is 1.35 bits per heavy atom. The highest BCUT2D eigenvalue weighted by Gasteiger charge is 2.33. The zero-order chi connectivity index (χ0) is 13.1. The van der Waals surface area contributed by atoms with E-state index in [1.165, 1.54) is 25.7 Å². The fourth-order valence-corrected chi connectivity index (χ4v) is 3.00. The molecule has 1 heteroatoms. The molecule has 2 aliphatic rings. The zero-order valence-corrected chi connectivity index (χ0v) is 12.3. The quantitative estimate of drug-likeness (QED) is 0.664. The highest BCUT2D eigenvalue weighted by atomic mass is 16.3. The molecular formula is C16H30O. The first-order valence-corrected chi connectivity index (χ1v) is 7.24. The maximum atomic E-state index is 9.00. The van der Waals surface area contributed by atoms with Gasteiger partial charge in [-0.15, -0.1) is 0 Å². The van der Waals surface area contributed by atoms with Crippen molar-refractivity contribution in [2.45, 2.75) is 72.8 Å². The SMILES string of the molecule is CC1CCCC1O.CCC1CC=C(C)C1(C)C. The molecule has 0 amide bonds. The summed E-state index contributed by atoms with van der Waals surface area (Å²) in [6, 6.07) is 0. The van der Waals surface area contributed by atoms with Gasteiger partial charge in [-0.1, -0.05) is 52.2 Å².